The average molecular weight is 311 g/mol. The fourth-order valence-corrected chi connectivity index (χ4v) is 2.59. The summed E-state index contributed by atoms with van der Waals surface area (Å²) in [6.07, 6.45) is 0. The minimum absolute atomic E-state index is 0.0622. The summed E-state index contributed by atoms with van der Waals surface area (Å²) in [4.78, 5) is 24.2. The molecule has 21 heavy (non-hydrogen) atoms. The van der Waals surface area contributed by atoms with Gasteiger partial charge in [-0.2, -0.15) is 0 Å². The lowest BCUT2D eigenvalue weighted by molar-refractivity contribution is -0.133. The van der Waals surface area contributed by atoms with Crippen molar-refractivity contribution in [2.24, 2.45) is 0 Å². The second-order valence-corrected chi connectivity index (χ2v) is 5.47. The summed E-state index contributed by atoms with van der Waals surface area (Å²) < 4.78 is 10.6. The number of nitrogens with zero attached hydrogens (tertiary/aromatic N) is 1. The molecule has 6 nitrogen and oxygen atoms in total. The number of ether oxygens (including phenoxy) is 2. The van der Waals surface area contributed by atoms with E-state index >= 15 is 0 Å². The smallest absolute Gasteiger partial charge is 0.313 e. The first-order chi connectivity index (χ1) is 10.1. The van der Waals surface area contributed by atoms with Crippen LogP contribution in [0.5, 0.6) is 11.5 Å². The van der Waals surface area contributed by atoms with Crippen molar-refractivity contribution < 1.29 is 24.2 Å². The highest BCUT2D eigenvalue weighted by atomic mass is 32.2. The van der Waals surface area contributed by atoms with Gasteiger partial charge in [-0.05, 0) is 24.6 Å². The quantitative estimate of drug-likeness (QED) is 0.824. The number of carboxylic acid groups (broad SMARTS) is 1. The number of hydrogen-bond acceptors (Lipinski definition) is 5. The van der Waals surface area contributed by atoms with Crippen molar-refractivity contribution in [2.45, 2.75) is 13.5 Å². The molecule has 1 amide bonds. The molecular formula is C14H17NO5S. The molecule has 0 bridgehead atoms. The molecule has 7 heteroatoms. The topological polar surface area (TPSA) is 76.1 Å². The van der Waals surface area contributed by atoms with E-state index in [1.165, 1.54) is 0 Å². The largest absolute Gasteiger partial charge is 0.481 e. The van der Waals surface area contributed by atoms with Crippen molar-refractivity contribution in [2.75, 3.05) is 24.8 Å². The van der Waals surface area contributed by atoms with E-state index < -0.39 is 5.97 Å². The van der Waals surface area contributed by atoms with Gasteiger partial charge in [-0.25, -0.2) is 0 Å². The lowest BCUT2D eigenvalue weighted by Gasteiger charge is -2.21. The lowest BCUT2D eigenvalue weighted by atomic mass is 10.2. The van der Waals surface area contributed by atoms with Crippen LogP contribution < -0.4 is 9.47 Å². The number of amides is 1. The summed E-state index contributed by atoms with van der Waals surface area (Å²) >= 11 is 1.11. The van der Waals surface area contributed by atoms with Crippen LogP contribution in [0.2, 0.25) is 0 Å². The Morgan fingerprint density at radius 1 is 1.29 bits per heavy atom. The SMILES string of the molecule is CCN(Cc1ccc2c(c1)OCO2)C(=O)CSCC(=O)O. The summed E-state index contributed by atoms with van der Waals surface area (Å²) in [5, 5.41) is 8.58. The molecule has 0 fully saturated rings. The summed E-state index contributed by atoms with van der Waals surface area (Å²) in [6, 6.07) is 5.59. The van der Waals surface area contributed by atoms with E-state index in [-0.39, 0.29) is 24.2 Å². The maximum atomic E-state index is 12.1. The third-order valence-corrected chi connectivity index (χ3v) is 3.90. The van der Waals surface area contributed by atoms with Crippen LogP contribution in [0.3, 0.4) is 0 Å². The van der Waals surface area contributed by atoms with E-state index in [2.05, 4.69) is 0 Å². The van der Waals surface area contributed by atoms with Crippen LogP contribution in [0.1, 0.15) is 12.5 Å². The number of carbonyl (C=O) groups excluding carboxylic acids is 1. The molecule has 1 aliphatic rings. The van der Waals surface area contributed by atoms with Gasteiger partial charge >= 0.3 is 5.97 Å². The van der Waals surface area contributed by atoms with Gasteiger partial charge in [0.1, 0.15) is 0 Å². The summed E-state index contributed by atoms with van der Waals surface area (Å²) in [5.41, 5.74) is 0.956. The van der Waals surface area contributed by atoms with Crippen LogP contribution in [0.4, 0.5) is 0 Å². The van der Waals surface area contributed by atoms with E-state index in [4.69, 9.17) is 14.6 Å². The highest BCUT2D eigenvalue weighted by Gasteiger charge is 2.16. The minimum Gasteiger partial charge on any atom is -0.481 e. The van der Waals surface area contributed by atoms with Gasteiger partial charge in [-0.15, -0.1) is 11.8 Å². The highest BCUT2D eigenvalue weighted by Crippen LogP contribution is 2.32. The predicted molar refractivity (Wildman–Crippen MR) is 78.6 cm³/mol. The molecule has 1 aliphatic heterocycles. The van der Waals surface area contributed by atoms with Gasteiger partial charge in [0.2, 0.25) is 12.7 Å². The first-order valence-corrected chi connectivity index (χ1v) is 7.71. The highest BCUT2D eigenvalue weighted by molar-refractivity contribution is 8.00. The number of carbonyl (C=O) groups is 2. The van der Waals surface area contributed by atoms with Crippen LogP contribution >= 0.6 is 11.8 Å². The Kier molecular flexibility index (Phi) is 5.32. The van der Waals surface area contributed by atoms with Gasteiger partial charge in [0.15, 0.2) is 11.5 Å². The van der Waals surface area contributed by atoms with E-state index in [0.29, 0.717) is 24.6 Å². The van der Waals surface area contributed by atoms with Crippen LogP contribution in [0.25, 0.3) is 0 Å². The first kappa shape index (κ1) is 15.5. The molecule has 0 radical (unpaired) electrons. The van der Waals surface area contributed by atoms with Gasteiger partial charge in [-0.1, -0.05) is 6.07 Å². The van der Waals surface area contributed by atoms with Crippen molar-refractivity contribution in [1.82, 2.24) is 4.90 Å². The molecule has 0 aliphatic carbocycles. The molecule has 0 spiro atoms. The number of benzene rings is 1. The number of carboxylic acids is 1. The van der Waals surface area contributed by atoms with Crippen molar-refractivity contribution in [1.29, 1.82) is 0 Å². The Morgan fingerprint density at radius 3 is 2.76 bits per heavy atom. The molecule has 1 aromatic carbocycles. The normalized spacial score (nSPS) is 12.2. The van der Waals surface area contributed by atoms with E-state index in [9.17, 15) is 9.59 Å². The van der Waals surface area contributed by atoms with Crippen molar-refractivity contribution >= 4 is 23.6 Å². The number of hydrogen-bond donors (Lipinski definition) is 1. The Morgan fingerprint density at radius 2 is 2.05 bits per heavy atom. The van der Waals surface area contributed by atoms with Gasteiger partial charge in [0.25, 0.3) is 0 Å². The van der Waals surface area contributed by atoms with Gasteiger partial charge in [0, 0.05) is 13.1 Å². The van der Waals surface area contributed by atoms with Crippen LogP contribution in [-0.4, -0.2) is 46.7 Å². The zero-order valence-corrected chi connectivity index (χ0v) is 12.5. The average Bonchev–Trinajstić information content (AvgIpc) is 2.91. The summed E-state index contributed by atoms with van der Waals surface area (Å²) in [7, 11) is 0. The third-order valence-electron chi connectivity index (χ3n) is 3.00. The van der Waals surface area contributed by atoms with Gasteiger partial charge < -0.3 is 19.5 Å². The molecular weight excluding hydrogens is 294 g/mol. The zero-order valence-electron chi connectivity index (χ0n) is 11.7. The molecule has 1 N–H and O–H groups in total. The van der Waals surface area contributed by atoms with Crippen molar-refractivity contribution in [3.63, 3.8) is 0 Å². The molecule has 0 aromatic heterocycles. The second-order valence-electron chi connectivity index (χ2n) is 4.48. The lowest BCUT2D eigenvalue weighted by Crippen LogP contribution is -2.32. The number of rotatable bonds is 7. The molecule has 0 saturated carbocycles. The van der Waals surface area contributed by atoms with Crippen molar-refractivity contribution in [3.8, 4) is 11.5 Å². The molecule has 1 aromatic rings. The summed E-state index contributed by atoms with van der Waals surface area (Å²) in [6.45, 7) is 3.16. The maximum Gasteiger partial charge on any atom is 0.313 e. The number of aliphatic carboxylic acids is 1. The van der Waals surface area contributed by atoms with Crippen LogP contribution in [0, 0.1) is 0 Å². The third kappa shape index (κ3) is 4.29. The molecule has 0 atom stereocenters. The molecule has 114 valence electrons. The van der Waals surface area contributed by atoms with E-state index in [1.54, 1.807) is 4.90 Å². The monoisotopic (exact) mass is 311 g/mol. The Labute approximate surface area is 127 Å². The second kappa shape index (κ2) is 7.21. The van der Waals surface area contributed by atoms with E-state index in [0.717, 1.165) is 17.3 Å². The minimum atomic E-state index is -0.911. The molecule has 1 heterocycles. The maximum absolute atomic E-state index is 12.1. The van der Waals surface area contributed by atoms with E-state index in [1.807, 2.05) is 25.1 Å². The standard InChI is InChI=1S/C14H17NO5S/c1-2-15(13(16)7-21-8-14(17)18)6-10-3-4-11-12(5-10)20-9-19-11/h3-5H,2,6-9H2,1H3,(H,17,18). The molecule has 2 rings (SSSR count). The Hall–Kier alpha value is -1.89. The fourth-order valence-electron chi connectivity index (χ4n) is 1.95. The van der Waals surface area contributed by atoms with Gasteiger partial charge in [0.05, 0.1) is 11.5 Å². The molecule has 0 saturated heterocycles. The summed E-state index contributed by atoms with van der Waals surface area (Å²) in [5.74, 6) is 0.535. The number of thioether (sulfide) groups is 1. The Bertz CT molecular complexity index is 534. The van der Waals surface area contributed by atoms with Gasteiger partial charge in [-0.3, -0.25) is 9.59 Å². The zero-order chi connectivity index (χ0) is 15.2. The van der Waals surface area contributed by atoms with Crippen LogP contribution in [-0.2, 0) is 16.1 Å². The first-order valence-electron chi connectivity index (χ1n) is 6.56. The van der Waals surface area contributed by atoms with Crippen molar-refractivity contribution in [3.05, 3.63) is 23.8 Å². The Balaban J connectivity index is 1.92. The molecule has 0 unspecified atom stereocenters. The predicted octanol–water partition coefficient (Wildman–Crippen LogP) is 1.58. The van der Waals surface area contributed by atoms with Crippen LogP contribution in [0.15, 0.2) is 18.2 Å². The number of fused-ring (bicyclic) bond motifs is 1. The fraction of sp³-hybridized carbons (Fsp3) is 0.429.